The molecular formula is C11H13ClN2O4. The second-order valence-corrected chi connectivity index (χ2v) is 4.15. The molecule has 0 amide bonds. The molecule has 0 aliphatic heterocycles. The minimum Gasteiger partial charge on any atom is -0.468 e. The SMILES string of the molecule is COC(=O)CN(C)Cc1c(Cl)cccc1[N+](=O)[O-]. The summed E-state index contributed by atoms with van der Waals surface area (Å²) >= 11 is 5.94. The Kier molecular flexibility index (Phi) is 5.06. The highest BCUT2D eigenvalue weighted by atomic mass is 35.5. The molecule has 0 spiro atoms. The third-order valence-corrected chi connectivity index (χ3v) is 2.70. The molecule has 0 radical (unpaired) electrons. The summed E-state index contributed by atoms with van der Waals surface area (Å²) in [6.45, 7) is 0.240. The molecule has 1 aromatic rings. The van der Waals surface area contributed by atoms with E-state index in [1.54, 1.807) is 18.0 Å². The average molecular weight is 273 g/mol. The third kappa shape index (κ3) is 3.68. The number of methoxy groups -OCH3 is 1. The van der Waals surface area contributed by atoms with Crippen LogP contribution in [0.4, 0.5) is 5.69 Å². The first-order valence-electron chi connectivity index (χ1n) is 5.13. The zero-order valence-corrected chi connectivity index (χ0v) is 10.8. The van der Waals surface area contributed by atoms with Gasteiger partial charge in [0, 0.05) is 12.6 Å². The number of nitro groups is 1. The van der Waals surface area contributed by atoms with E-state index in [0.717, 1.165) is 0 Å². The maximum absolute atomic E-state index is 11.1. The van der Waals surface area contributed by atoms with Crippen LogP contribution in [0.2, 0.25) is 5.02 Å². The zero-order valence-electron chi connectivity index (χ0n) is 10.1. The van der Waals surface area contributed by atoms with Gasteiger partial charge in [-0.25, -0.2) is 0 Å². The predicted octanol–water partition coefficient (Wildman–Crippen LogP) is 1.85. The van der Waals surface area contributed by atoms with E-state index in [0.29, 0.717) is 10.6 Å². The molecule has 0 aliphatic carbocycles. The lowest BCUT2D eigenvalue weighted by atomic mass is 10.1. The fourth-order valence-electron chi connectivity index (χ4n) is 1.49. The number of rotatable bonds is 5. The van der Waals surface area contributed by atoms with Gasteiger partial charge in [-0.2, -0.15) is 0 Å². The van der Waals surface area contributed by atoms with Crippen LogP contribution in [0, 0.1) is 10.1 Å². The Morgan fingerprint density at radius 3 is 2.78 bits per heavy atom. The summed E-state index contributed by atoms with van der Waals surface area (Å²) in [6.07, 6.45) is 0. The number of likely N-dealkylation sites (N-methyl/N-ethyl adjacent to an activating group) is 1. The van der Waals surface area contributed by atoms with Gasteiger partial charge >= 0.3 is 5.97 Å². The fourth-order valence-corrected chi connectivity index (χ4v) is 1.71. The molecule has 98 valence electrons. The van der Waals surface area contributed by atoms with Gasteiger partial charge in [-0.1, -0.05) is 17.7 Å². The number of hydrogen-bond donors (Lipinski definition) is 0. The number of nitrogens with zero attached hydrogens (tertiary/aromatic N) is 2. The van der Waals surface area contributed by atoms with Gasteiger partial charge in [-0.15, -0.1) is 0 Å². The van der Waals surface area contributed by atoms with Crippen LogP contribution in [0.1, 0.15) is 5.56 Å². The van der Waals surface area contributed by atoms with Crippen molar-refractivity contribution in [1.82, 2.24) is 4.90 Å². The molecule has 0 aliphatic rings. The molecular weight excluding hydrogens is 260 g/mol. The number of halogens is 1. The van der Waals surface area contributed by atoms with Gasteiger partial charge in [0.15, 0.2) is 0 Å². The zero-order chi connectivity index (χ0) is 13.7. The Morgan fingerprint density at radius 1 is 1.56 bits per heavy atom. The Morgan fingerprint density at radius 2 is 2.22 bits per heavy atom. The number of carbonyl (C=O) groups excluding carboxylic acids is 1. The van der Waals surface area contributed by atoms with Crippen molar-refractivity contribution in [2.24, 2.45) is 0 Å². The average Bonchev–Trinajstić information content (AvgIpc) is 2.31. The van der Waals surface area contributed by atoms with Crippen molar-refractivity contribution < 1.29 is 14.5 Å². The second kappa shape index (κ2) is 6.32. The Balaban J connectivity index is 2.89. The molecule has 6 nitrogen and oxygen atoms in total. The maximum Gasteiger partial charge on any atom is 0.319 e. The van der Waals surface area contributed by atoms with Crippen molar-refractivity contribution in [2.75, 3.05) is 20.7 Å². The summed E-state index contributed by atoms with van der Waals surface area (Å²) in [5.74, 6) is -0.410. The lowest BCUT2D eigenvalue weighted by Gasteiger charge is -2.15. The number of esters is 1. The quantitative estimate of drug-likeness (QED) is 0.465. The first-order chi connectivity index (χ1) is 8.45. The van der Waals surface area contributed by atoms with Crippen LogP contribution in [0.5, 0.6) is 0 Å². The van der Waals surface area contributed by atoms with Crippen molar-refractivity contribution in [3.05, 3.63) is 38.9 Å². The fraction of sp³-hybridized carbons (Fsp3) is 0.364. The van der Waals surface area contributed by atoms with Crippen LogP contribution in [0.25, 0.3) is 0 Å². The summed E-state index contributed by atoms with van der Waals surface area (Å²) in [6, 6.07) is 4.48. The van der Waals surface area contributed by atoms with Crippen LogP contribution < -0.4 is 0 Å². The minimum absolute atomic E-state index is 0.0406. The molecule has 0 saturated carbocycles. The Hall–Kier alpha value is -1.66. The van der Waals surface area contributed by atoms with Crippen molar-refractivity contribution in [3.63, 3.8) is 0 Å². The van der Waals surface area contributed by atoms with E-state index in [4.69, 9.17) is 11.6 Å². The summed E-state index contributed by atoms with van der Waals surface area (Å²) in [5, 5.41) is 11.2. The van der Waals surface area contributed by atoms with E-state index in [1.807, 2.05) is 0 Å². The van der Waals surface area contributed by atoms with Gasteiger partial charge < -0.3 is 4.74 Å². The van der Waals surface area contributed by atoms with Gasteiger partial charge in [0.1, 0.15) is 0 Å². The number of hydrogen-bond acceptors (Lipinski definition) is 5. The van der Waals surface area contributed by atoms with Gasteiger partial charge in [0.2, 0.25) is 0 Å². The largest absolute Gasteiger partial charge is 0.468 e. The summed E-state index contributed by atoms with van der Waals surface area (Å²) in [4.78, 5) is 23.1. The number of benzene rings is 1. The number of carbonyl (C=O) groups is 1. The van der Waals surface area contributed by atoms with Crippen molar-refractivity contribution in [1.29, 1.82) is 0 Å². The predicted molar refractivity (Wildman–Crippen MR) is 66.5 cm³/mol. The molecule has 0 fully saturated rings. The van der Waals surface area contributed by atoms with Crippen molar-refractivity contribution >= 4 is 23.3 Å². The van der Waals surface area contributed by atoms with Crippen molar-refractivity contribution in [2.45, 2.75) is 6.54 Å². The molecule has 0 bridgehead atoms. The number of nitro benzene ring substituents is 1. The second-order valence-electron chi connectivity index (χ2n) is 3.74. The van der Waals surface area contributed by atoms with Crippen LogP contribution in [0.3, 0.4) is 0 Å². The molecule has 0 heterocycles. The van der Waals surface area contributed by atoms with E-state index < -0.39 is 10.9 Å². The van der Waals surface area contributed by atoms with Crippen LogP contribution >= 0.6 is 11.6 Å². The minimum atomic E-state index is -0.493. The normalized spacial score (nSPS) is 10.4. The summed E-state index contributed by atoms with van der Waals surface area (Å²) in [7, 11) is 2.94. The van der Waals surface area contributed by atoms with Crippen LogP contribution in [0.15, 0.2) is 18.2 Å². The van der Waals surface area contributed by atoms with Crippen LogP contribution in [-0.2, 0) is 16.1 Å². The van der Waals surface area contributed by atoms with E-state index in [-0.39, 0.29) is 18.8 Å². The van der Waals surface area contributed by atoms with E-state index in [2.05, 4.69) is 4.74 Å². The van der Waals surface area contributed by atoms with Gasteiger partial charge in [0.25, 0.3) is 5.69 Å². The lowest BCUT2D eigenvalue weighted by Crippen LogP contribution is -2.26. The highest BCUT2D eigenvalue weighted by molar-refractivity contribution is 6.31. The molecule has 0 aromatic heterocycles. The molecule has 0 unspecified atom stereocenters. The smallest absolute Gasteiger partial charge is 0.319 e. The van der Waals surface area contributed by atoms with E-state index in [9.17, 15) is 14.9 Å². The van der Waals surface area contributed by atoms with Crippen LogP contribution in [-0.4, -0.2) is 36.5 Å². The molecule has 0 N–H and O–H groups in total. The van der Waals surface area contributed by atoms with Gasteiger partial charge in [-0.3, -0.25) is 19.8 Å². The topological polar surface area (TPSA) is 72.7 Å². The Labute approximate surface area is 109 Å². The summed E-state index contributed by atoms with van der Waals surface area (Å²) < 4.78 is 4.52. The molecule has 0 atom stereocenters. The Bertz CT molecular complexity index is 464. The third-order valence-electron chi connectivity index (χ3n) is 2.35. The maximum atomic E-state index is 11.1. The van der Waals surface area contributed by atoms with E-state index in [1.165, 1.54) is 19.2 Å². The lowest BCUT2D eigenvalue weighted by molar-refractivity contribution is -0.385. The van der Waals surface area contributed by atoms with Crippen molar-refractivity contribution in [3.8, 4) is 0 Å². The standard InChI is InChI=1S/C11H13ClN2O4/c1-13(7-11(15)18-2)6-8-9(12)4-3-5-10(8)14(16)17/h3-5H,6-7H2,1-2H3. The molecule has 18 heavy (non-hydrogen) atoms. The molecule has 1 aromatic carbocycles. The number of ether oxygens (including phenoxy) is 1. The van der Waals surface area contributed by atoms with Gasteiger partial charge in [0.05, 0.1) is 29.2 Å². The molecule has 1 rings (SSSR count). The monoisotopic (exact) mass is 272 g/mol. The first-order valence-corrected chi connectivity index (χ1v) is 5.50. The highest BCUT2D eigenvalue weighted by Crippen LogP contribution is 2.27. The van der Waals surface area contributed by atoms with Gasteiger partial charge in [-0.05, 0) is 13.1 Å². The highest BCUT2D eigenvalue weighted by Gasteiger charge is 2.18. The first kappa shape index (κ1) is 14.4. The summed E-state index contributed by atoms with van der Waals surface area (Å²) in [5.41, 5.74) is 0.329. The molecule has 0 saturated heterocycles. The molecule has 7 heteroatoms. The van der Waals surface area contributed by atoms with E-state index >= 15 is 0 Å².